The van der Waals surface area contributed by atoms with Crippen LogP contribution in [-0.4, -0.2) is 37.3 Å². The van der Waals surface area contributed by atoms with Gasteiger partial charge in [-0.3, -0.25) is 14.6 Å². The highest BCUT2D eigenvalue weighted by atomic mass is 35.5. The number of carbonyl (C=O) groups excluding carboxylic acids is 1. The molecule has 1 amide bonds. The van der Waals surface area contributed by atoms with Crippen LogP contribution in [0.5, 0.6) is 0 Å². The number of dihydropyridines is 1. The maximum absolute atomic E-state index is 14.0. The molecule has 8 nitrogen and oxygen atoms in total. The van der Waals surface area contributed by atoms with E-state index in [9.17, 15) is 14.7 Å². The molecule has 4 aliphatic rings. The third-order valence-corrected chi connectivity index (χ3v) is 11.0. The van der Waals surface area contributed by atoms with Crippen molar-refractivity contribution in [2.45, 2.75) is 121 Å². The fourth-order valence-corrected chi connectivity index (χ4v) is 8.42. The zero-order chi connectivity index (χ0) is 31.7. The van der Waals surface area contributed by atoms with Crippen LogP contribution in [0.3, 0.4) is 0 Å². The number of nitrogens with one attached hydrogen (secondary N) is 1. The van der Waals surface area contributed by atoms with Crippen molar-refractivity contribution in [1.29, 1.82) is 0 Å². The van der Waals surface area contributed by atoms with E-state index in [1.54, 1.807) is 6.21 Å². The molecule has 45 heavy (non-hydrogen) atoms. The number of carboxylic acids is 1. The summed E-state index contributed by atoms with van der Waals surface area (Å²) in [4.78, 5) is 35.1. The van der Waals surface area contributed by atoms with E-state index in [1.807, 2.05) is 0 Å². The predicted molar refractivity (Wildman–Crippen MR) is 179 cm³/mol. The Morgan fingerprint density at radius 3 is 2.64 bits per heavy atom. The Morgan fingerprint density at radius 2 is 1.93 bits per heavy atom. The Bertz CT molecular complexity index is 1540. The number of aryl methyl sites for hydroxylation is 1. The van der Waals surface area contributed by atoms with E-state index < -0.39 is 5.97 Å². The van der Waals surface area contributed by atoms with Crippen LogP contribution in [0.4, 0.5) is 0 Å². The summed E-state index contributed by atoms with van der Waals surface area (Å²) in [6.45, 7) is 2.18. The van der Waals surface area contributed by atoms with Gasteiger partial charge in [-0.2, -0.15) is 0 Å². The summed E-state index contributed by atoms with van der Waals surface area (Å²) in [5, 5.41) is 13.3. The van der Waals surface area contributed by atoms with Gasteiger partial charge in [0.25, 0.3) is 0 Å². The Morgan fingerprint density at radius 1 is 1.13 bits per heavy atom. The number of fused-ring (bicyclic) bond motifs is 2. The fraction of sp³-hybridized carbons (Fsp3) is 0.611. The van der Waals surface area contributed by atoms with Crippen molar-refractivity contribution in [3.8, 4) is 0 Å². The third-order valence-electron chi connectivity index (χ3n) is 10.7. The van der Waals surface area contributed by atoms with Gasteiger partial charge in [-0.15, -0.1) is 0 Å². The van der Waals surface area contributed by atoms with Gasteiger partial charge in [-0.25, -0.2) is 4.98 Å². The molecule has 3 unspecified atom stereocenters. The van der Waals surface area contributed by atoms with Crippen LogP contribution in [0.2, 0.25) is 0 Å². The predicted octanol–water partition coefficient (Wildman–Crippen LogP) is 7.40. The van der Waals surface area contributed by atoms with E-state index in [1.165, 1.54) is 48.2 Å². The van der Waals surface area contributed by atoms with E-state index >= 15 is 0 Å². The number of carboxylic acid groups (broad SMARTS) is 1. The highest BCUT2D eigenvalue weighted by molar-refractivity contribution is 6.39. The van der Waals surface area contributed by atoms with Crippen molar-refractivity contribution in [1.82, 2.24) is 19.4 Å². The van der Waals surface area contributed by atoms with Gasteiger partial charge < -0.3 is 19.6 Å². The topological polar surface area (TPSA) is 102 Å². The zero-order valence-corrected chi connectivity index (χ0v) is 27.8. The molecule has 3 aliphatic carbocycles. The van der Waals surface area contributed by atoms with E-state index in [0.29, 0.717) is 23.3 Å². The summed E-state index contributed by atoms with van der Waals surface area (Å²) < 4.78 is 4.49. The van der Waals surface area contributed by atoms with Crippen molar-refractivity contribution >= 4 is 35.8 Å². The molecular formula is C36H48ClN5O3. The van der Waals surface area contributed by atoms with E-state index in [0.717, 1.165) is 80.6 Å². The maximum atomic E-state index is 14.0. The van der Waals surface area contributed by atoms with Gasteiger partial charge in [0.1, 0.15) is 5.82 Å². The molecule has 9 heteroatoms. The molecule has 1 fully saturated rings. The number of imidazole rings is 1. The first-order chi connectivity index (χ1) is 21.7. The average Bonchev–Trinajstić information content (AvgIpc) is 3.75. The van der Waals surface area contributed by atoms with Crippen molar-refractivity contribution in [3.63, 3.8) is 0 Å². The maximum Gasteiger partial charge on any atom is 0.303 e. The van der Waals surface area contributed by atoms with Gasteiger partial charge in [0, 0.05) is 49.4 Å². The number of aliphatic carboxylic acids is 1. The minimum Gasteiger partial charge on any atom is -0.481 e. The Balaban J connectivity index is 1.26. The summed E-state index contributed by atoms with van der Waals surface area (Å²) in [5.41, 5.74) is 8.47. The first kappa shape index (κ1) is 31.8. The molecule has 6 rings (SSSR count). The molecule has 3 atom stereocenters. The highest BCUT2D eigenvalue weighted by Gasteiger charge is 2.34. The van der Waals surface area contributed by atoms with Gasteiger partial charge in [-0.05, 0) is 93.2 Å². The van der Waals surface area contributed by atoms with Gasteiger partial charge in [-0.1, -0.05) is 50.3 Å². The SMILES string of the molecule is CCCCC(NC(=O)C1=Cc2c(c(C3CCCC3)c(C3CC=C(Cl)C=N3)n2C)CC1)c1nc2c(n1C)CC(CCC(=O)O)CC2. The number of aliphatic imine (C=N–C) groups is 1. The first-order valence-corrected chi connectivity index (χ1v) is 17.5. The Hall–Kier alpha value is -3.13. The normalized spacial score (nSPS) is 22.0. The molecule has 3 heterocycles. The largest absolute Gasteiger partial charge is 0.481 e. The molecule has 0 bridgehead atoms. The monoisotopic (exact) mass is 633 g/mol. The van der Waals surface area contributed by atoms with Crippen LogP contribution in [0.1, 0.15) is 142 Å². The zero-order valence-electron chi connectivity index (χ0n) is 27.1. The lowest BCUT2D eigenvalue weighted by Crippen LogP contribution is -2.32. The summed E-state index contributed by atoms with van der Waals surface area (Å²) in [7, 11) is 4.20. The van der Waals surface area contributed by atoms with E-state index in [-0.39, 0.29) is 24.4 Å². The minimum absolute atomic E-state index is 0.00220. The van der Waals surface area contributed by atoms with Crippen molar-refractivity contribution < 1.29 is 14.7 Å². The quantitative estimate of drug-likeness (QED) is 0.269. The van der Waals surface area contributed by atoms with E-state index in [4.69, 9.17) is 21.6 Å². The van der Waals surface area contributed by atoms with Crippen molar-refractivity contribution in [2.75, 3.05) is 0 Å². The fourth-order valence-electron chi connectivity index (χ4n) is 8.27. The highest BCUT2D eigenvalue weighted by Crippen LogP contribution is 2.46. The first-order valence-electron chi connectivity index (χ1n) is 17.1. The summed E-state index contributed by atoms with van der Waals surface area (Å²) in [6, 6.07) is -0.111. The van der Waals surface area contributed by atoms with Crippen molar-refractivity contribution in [3.05, 3.63) is 56.4 Å². The number of aromatic nitrogens is 3. The summed E-state index contributed by atoms with van der Waals surface area (Å²) in [5.74, 6) is 1.11. The molecule has 2 N–H and O–H groups in total. The lowest BCUT2D eigenvalue weighted by atomic mass is 9.85. The average molecular weight is 634 g/mol. The second kappa shape index (κ2) is 13.7. The number of hydrogen-bond acceptors (Lipinski definition) is 4. The number of allylic oxidation sites excluding steroid dienone is 1. The number of halogens is 1. The molecule has 1 aliphatic heterocycles. The number of nitrogens with zero attached hydrogens (tertiary/aromatic N) is 4. The standard InChI is InChI=1S/C36H48ClN5O3/c1-4-5-10-29(35-39-27-16-11-22(12-18-32(43)44)19-31(27)42(35)3)40-36(45)24-13-15-26-30(20-24)41(2)34(28-17-14-25(37)21-38-28)33(26)23-8-6-7-9-23/h14,20-23,28-29H,4-13,15-19H2,1-3H3,(H,40,45)(H,43,44). The molecule has 1 saturated carbocycles. The van der Waals surface area contributed by atoms with Crippen LogP contribution in [-0.2, 0) is 42.9 Å². The van der Waals surface area contributed by atoms with Gasteiger partial charge in [0.05, 0.1) is 22.8 Å². The number of unbranched alkanes of at least 4 members (excludes halogenated alkanes) is 1. The molecule has 0 saturated heterocycles. The molecule has 0 radical (unpaired) electrons. The number of amides is 1. The van der Waals surface area contributed by atoms with Gasteiger partial charge >= 0.3 is 5.97 Å². The lowest BCUT2D eigenvalue weighted by Gasteiger charge is -2.23. The van der Waals surface area contributed by atoms with Crippen LogP contribution >= 0.6 is 11.6 Å². The Labute approximate surface area is 272 Å². The molecule has 0 spiro atoms. The second-order valence-electron chi connectivity index (χ2n) is 13.6. The van der Waals surface area contributed by atoms with Gasteiger partial charge in [0.15, 0.2) is 0 Å². The number of rotatable bonds is 11. The second-order valence-corrected chi connectivity index (χ2v) is 14.1. The third kappa shape index (κ3) is 6.58. The van der Waals surface area contributed by atoms with Crippen molar-refractivity contribution in [2.24, 2.45) is 25.0 Å². The van der Waals surface area contributed by atoms with Gasteiger partial charge in [0.2, 0.25) is 5.91 Å². The summed E-state index contributed by atoms with van der Waals surface area (Å²) in [6.07, 6.45) is 19.8. The van der Waals surface area contributed by atoms with Crippen LogP contribution in [0, 0.1) is 5.92 Å². The molecular weight excluding hydrogens is 586 g/mol. The molecule has 242 valence electrons. The van der Waals surface area contributed by atoms with Crippen LogP contribution in [0.25, 0.3) is 6.08 Å². The molecule has 0 aromatic carbocycles. The Kier molecular flexibility index (Phi) is 9.69. The smallest absolute Gasteiger partial charge is 0.303 e. The van der Waals surface area contributed by atoms with E-state index in [2.05, 4.69) is 47.6 Å². The molecule has 2 aromatic rings. The number of carbonyl (C=O) groups is 2. The van der Waals surface area contributed by atoms with Crippen LogP contribution < -0.4 is 5.32 Å². The minimum atomic E-state index is -0.733. The summed E-state index contributed by atoms with van der Waals surface area (Å²) >= 11 is 6.24. The number of hydrogen-bond donors (Lipinski definition) is 2. The lowest BCUT2D eigenvalue weighted by molar-refractivity contribution is -0.137. The van der Waals surface area contributed by atoms with Crippen LogP contribution in [0.15, 0.2) is 21.7 Å². The molecule has 2 aromatic heterocycles.